The smallest absolute Gasteiger partial charge is 0.252 e. The van der Waals surface area contributed by atoms with Crippen LogP contribution in [0, 0.1) is 0 Å². The van der Waals surface area contributed by atoms with Gasteiger partial charge in [0.1, 0.15) is 0 Å². The Hall–Kier alpha value is -2.13. The van der Waals surface area contributed by atoms with Gasteiger partial charge in [-0.3, -0.25) is 10.0 Å². The first-order valence-corrected chi connectivity index (χ1v) is 6.21. The number of amides is 1. The highest BCUT2D eigenvalue weighted by Gasteiger charge is 2.17. The summed E-state index contributed by atoms with van der Waals surface area (Å²) in [5, 5.41) is 9.80. The molecule has 1 N–H and O–H groups in total. The fraction of sp³-hybridized carbons (Fsp3) is 0.188. The minimum Gasteiger partial charge on any atom is -0.286 e. The van der Waals surface area contributed by atoms with E-state index in [2.05, 4.69) is 0 Å². The fourth-order valence-electron chi connectivity index (χ4n) is 2.02. The Bertz CT molecular complexity index is 547. The van der Waals surface area contributed by atoms with E-state index >= 15 is 0 Å². The van der Waals surface area contributed by atoms with Crippen LogP contribution in [0.25, 0.3) is 11.1 Å². The predicted octanol–water partition coefficient (Wildman–Crippen LogP) is 3.30. The molecule has 0 aliphatic rings. The topological polar surface area (TPSA) is 40.5 Å². The van der Waals surface area contributed by atoms with Gasteiger partial charge >= 0.3 is 0 Å². The number of likely N-dealkylation sites (N-methyl/N-ethyl adjacent to an activating group) is 1. The van der Waals surface area contributed by atoms with Crippen molar-refractivity contribution in [2.24, 2.45) is 0 Å². The third-order valence-electron chi connectivity index (χ3n) is 3.21. The van der Waals surface area contributed by atoms with Crippen molar-refractivity contribution in [3.05, 3.63) is 60.2 Å². The molecule has 3 heteroatoms. The molecule has 2 aromatic rings. The summed E-state index contributed by atoms with van der Waals surface area (Å²) in [6, 6.07) is 17.9. The van der Waals surface area contributed by atoms with Gasteiger partial charge in [0.05, 0.1) is 5.92 Å². The first-order chi connectivity index (χ1) is 9.09. The van der Waals surface area contributed by atoms with E-state index in [0.717, 1.165) is 16.7 Å². The van der Waals surface area contributed by atoms with E-state index < -0.39 is 0 Å². The number of nitrogens with zero attached hydrogens (tertiary/aromatic N) is 1. The van der Waals surface area contributed by atoms with Gasteiger partial charge in [0.15, 0.2) is 0 Å². The molecule has 1 atom stereocenters. The lowest BCUT2D eigenvalue weighted by Crippen LogP contribution is -2.27. The standard InChI is InChI=1S/C16H17NO2/c1-12(16(18)17(2)19)13-8-10-15(11-9-13)14-6-4-3-5-7-14/h3-12,19H,1-2H3. The summed E-state index contributed by atoms with van der Waals surface area (Å²) in [6.45, 7) is 1.78. The van der Waals surface area contributed by atoms with Crippen LogP contribution < -0.4 is 0 Å². The van der Waals surface area contributed by atoms with Gasteiger partial charge in [0, 0.05) is 7.05 Å². The Morgan fingerprint density at radius 3 is 2.05 bits per heavy atom. The van der Waals surface area contributed by atoms with Crippen molar-refractivity contribution in [3.63, 3.8) is 0 Å². The maximum Gasteiger partial charge on any atom is 0.252 e. The zero-order valence-electron chi connectivity index (χ0n) is 11.1. The average molecular weight is 255 g/mol. The average Bonchev–Trinajstić information content (AvgIpc) is 2.46. The van der Waals surface area contributed by atoms with E-state index in [9.17, 15) is 4.79 Å². The Labute approximate surface area is 113 Å². The molecule has 0 saturated heterocycles. The maximum atomic E-state index is 11.7. The van der Waals surface area contributed by atoms with E-state index in [4.69, 9.17) is 5.21 Å². The first-order valence-electron chi connectivity index (χ1n) is 6.21. The third-order valence-corrected chi connectivity index (χ3v) is 3.21. The molecule has 0 bridgehead atoms. The van der Waals surface area contributed by atoms with Gasteiger partial charge in [0.25, 0.3) is 5.91 Å². The Kier molecular flexibility index (Phi) is 3.97. The minimum atomic E-state index is -0.347. The summed E-state index contributed by atoms with van der Waals surface area (Å²) in [5.74, 6) is -0.660. The van der Waals surface area contributed by atoms with Crippen molar-refractivity contribution in [2.75, 3.05) is 7.05 Å². The van der Waals surface area contributed by atoms with Crippen LogP contribution >= 0.6 is 0 Å². The molecular weight excluding hydrogens is 238 g/mol. The summed E-state index contributed by atoms with van der Waals surface area (Å²) in [6.07, 6.45) is 0. The molecule has 0 radical (unpaired) electrons. The number of hydrogen-bond acceptors (Lipinski definition) is 2. The SMILES string of the molecule is CC(C(=O)N(C)O)c1ccc(-c2ccccc2)cc1. The lowest BCUT2D eigenvalue weighted by molar-refractivity contribution is -0.160. The molecule has 0 spiro atoms. The molecule has 0 aliphatic carbocycles. The summed E-state index contributed by atoms with van der Waals surface area (Å²) >= 11 is 0. The molecule has 98 valence electrons. The van der Waals surface area contributed by atoms with Crippen molar-refractivity contribution in [2.45, 2.75) is 12.8 Å². The van der Waals surface area contributed by atoms with Gasteiger partial charge in [-0.15, -0.1) is 0 Å². The van der Waals surface area contributed by atoms with Crippen LogP contribution in [0.3, 0.4) is 0 Å². The number of carbonyl (C=O) groups excluding carboxylic acids is 1. The fourth-order valence-corrected chi connectivity index (χ4v) is 2.02. The van der Waals surface area contributed by atoms with Crippen molar-refractivity contribution < 1.29 is 10.0 Å². The summed E-state index contributed by atoms with van der Waals surface area (Å²) < 4.78 is 0. The van der Waals surface area contributed by atoms with Gasteiger partial charge in [-0.05, 0) is 23.6 Å². The first kappa shape index (κ1) is 13.3. The van der Waals surface area contributed by atoms with E-state index in [0.29, 0.717) is 5.06 Å². The number of hydroxylamine groups is 2. The molecule has 1 unspecified atom stereocenters. The molecule has 0 saturated carbocycles. The molecule has 0 aliphatic heterocycles. The number of benzene rings is 2. The second-order valence-electron chi connectivity index (χ2n) is 4.57. The zero-order valence-corrected chi connectivity index (χ0v) is 11.1. The molecule has 3 nitrogen and oxygen atoms in total. The molecule has 2 aromatic carbocycles. The Morgan fingerprint density at radius 1 is 1.00 bits per heavy atom. The second kappa shape index (κ2) is 5.67. The van der Waals surface area contributed by atoms with E-state index in [1.54, 1.807) is 6.92 Å². The van der Waals surface area contributed by atoms with E-state index in [-0.39, 0.29) is 11.8 Å². The minimum absolute atomic E-state index is 0.313. The normalized spacial score (nSPS) is 11.9. The molecule has 0 heterocycles. The molecule has 2 rings (SSSR count). The summed E-state index contributed by atoms with van der Waals surface area (Å²) in [5.41, 5.74) is 3.15. The highest BCUT2D eigenvalue weighted by Crippen LogP contribution is 2.23. The lowest BCUT2D eigenvalue weighted by Gasteiger charge is -2.15. The maximum absolute atomic E-state index is 11.7. The number of carbonyl (C=O) groups is 1. The van der Waals surface area contributed by atoms with Gasteiger partial charge in [0.2, 0.25) is 0 Å². The van der Waals surface area contributed by atoms with E-state index in [1.807, 2.05) is 54.6 Å². The van der Waals surface area contributed by atoms with Crippen LogP contribution in [0.1, 0.15) is 18.4 Å². The Balaban J connectivity index is 2.22. The van der Waals surface area contributed by atoms with E-state index in [1.165, 1.54) is 7.05 Å². The molecule has 19 heavy (non-hydrogen) atoms. The zero-order chi connectivity index (χ0) is 13.8. The van der Waals surface area contributed by atoms with Crippen molar-refractivity contribution in [1.29, 1.82) is 0 Å². The molecule has 0 fully saturated rings. The van der Waals surface area contributed by atoms with Gasteiger partial charge in [-0.25, -0.2) is 5.06 Å². The van der Waals surface area contributed by atoms with Crippen molar-refractivity contribution >= 4 is 5.91 Å². The summed E-state index contributed by atoms with van der Waals surface area (Å²) in [4.78, 5) is 11.7. The summed E-state index contributed by atoms with van der Waals surface area (Å²) in [7, 11) is 1.34. The van der Waals surface area contributed by atoms with Crippen LogP contribution in [0.5, 0.6) is 0 Å². The molecular formula is C16H17NO2. The monoisotopic (exact) mass is 255 g/mol. The van der Waals surface area contributed by atoms with Crippen LogP contribution in [0.4, 0.5) is 0 Å². The number of rotatable bonds is 3. The quantitative estimate of drug-likeness (QED) is 0.675. The lowest BCUT2D eigenvalue weighted by atomic mass is 9.97. The van der Waals surface area contributed by atoms with Crippen molar-refractivity contribution in [3.8, 4) is 11.1 Å². The molecule has 1 amide bonds. The molecule has 0 aromatic heterocycles. The van der Waals surface area contributed by atoms with Crippen molar-refractivity contribution in [1.82, 2.24) is 5.06 Å². The highest BCUT2D eigenvalue weighted by molar-refractivity contribution is 5.82. The third kappa shape index (κ3) is 3.01. The predicted molar refractivity (Wildman–Crippen MR) is 74.8 cm³/mol. The second-order valence-corrected chi connectivity index (χ2v) is 4.57. The van der Waals surface area contributed by atoms with Gasteiger partial charge in [-0.2, -0.15) is 0 Å². The van der Waals surface area contributed by atoms with Crippen LogP contribution in [-0.2, 0) is 4.79 Å². The van der Waals surface area contributed by atoms with Crippen LogP contribution in [-0.4, -0.2) is 23.2 Å². The Morgan fingerprint density at radius 2 is 1.53 bits per heavy atom. The highest BCUT2D eigenvalue weighted by atomic mass is 16.5. The van der Waals surface area contributed by atoms with Crippen LogP contribution in [0.15, 0.2) is 54.6 Å². The van der Waals surface area contributed by atoms with Gasteiger partial charge < -0.3 is 0 Å². The largest absolute Gasteiger partial charge is 0.286 e. The van der Waals surface area contributed by atoms with Crippen LogP contribution in [0.2, 0.25) is 0 Å². The number of hydrogen-bond donors (Lipinski definition) is 1. The van der Waals surface area contributed by atoms with Gasteiger partial charge in [-0.1, -0.05) is 54.6 Å².